The van der Waals surface area contributed by atoms with Crippen LogP contribution in [0.2, 0.25) is 0 Å². The first kappa shape index (κ1) is 27.2. The van der Waals surface area contributed by atoms with Gasteiger partial charge in [-0.05, 0) is 83.1 Å². The molecule has 3 atom stereocenters. The fraction of sp³-hybridized carbons (Fsp3) is 0.741. The lowest BCUT2D eigenvalue weighted by atomic mass is 9.85. The van der Waals surface area contributed by atoms with Gasteiger partial charge in [-0.25, -0.2) is 0 Å². The van der Waals surface area contributed by atoms with Gasteiger partial charge in [-0.15, -0.1) is 0 Å². The van der Waals surface area contributed by atoms with Crippen molar-refractivity contribution in [3.05, 3.63) is 29.3 Å². The van der Waals surface area contributed by atoms with Gasteiger partial charge in [-0.2, -0.15) is 13.2 Å². The van der Waals surface area contributed by atoms with Gasteiger partial charge >= 0.3 is 6.18 Å². The van der Waals surface area contributed by atoms with E-state index in [1.165, 1.54) is 0 Å². The molecule has 0 unspecified atom stereocenters. The number of hydrogen-bond donors (Lipinski definition) is 1. The van der Waals surface area contributed by atoms with Gasteiger partial charge < -0.3 is 14.8 Å². The standard InChI is InChI=1S/C27H40F3N3O3/c1-5-35-24-13-20(12-22(14-24)27(28,29)30)15-31-25(34)26(21-6-7-21)9-8-23(17-36-26)32-10-11-33(18(2)3)19(4)16-32/h12-14,18-19,21,23H,5-11,15-17H2,1-4H3,(H,31,34)/t19-,23+,26-/m0/s1. The van der Waals surface area contributed by atoms with Crippen LogP contribution in [0.5, 0.6) is 5.75 Å². The normalized spacial score (nSPS) is 28.3. The lowest BCUT2D eigenvalue weighted by molar-refractivity contribution is -0.166. The Hall–Kier alpha value is -1.84. The van der Waals surface area contributed by atoms with Crippen LogP contribution in [-0.2, 0) is 22.3 Å². The molecule has 2 heterocycles. The quantitative estimate of drug-likeness (QED) is 0.559. The lowest BCUT2D eigenvalue weighted by Crippen LogP contribution is -2.61. The molecule has 2 aliphatic heterocycles. The first-order valence-electron chi connectivity index (χ1n) is 13.3. The van der Waals surface area contributed by atoms with Gasteiger partial charge in [0, 0.05) is 44.3 Å². The Labute approximate surface area is 212 Å². The SMILES string of the molecule is CCOc1cc(CNC(=O)[C@@]2(C3CC3)CC[C@@H](N3CCN(C(C)C)[C@@H](C)C3)CO2)cc(C(F)(F)F)c1. The first-order chi connectivity index (χ1) is 17.0. The van der Waals surface area contributed by atoms with Crippen molar-refractivity contribution in [2.45, 2.75) is 89.8 Å². The van der Waals surface area contributed by atoms with Crippen LogP contribution in [0.4, 0.5) is 13.2 Å². The molecule has 3 fully saturated rings. The smallest absolute Gasteiger partial charge is 0.416 e. The van der Waals surface area contributed by atoms with Crippen LogP contribution in [0.3, 0.4) is 0 Å². The summed E-state index contributed by atoms with van der Waals surface area (Å²) in [6.45, 7) is 12.2. The van der Waals surface area contributed by atoms with Crippen molar-refractivity contribution in [1.82, 2.24) is 15.1 Å². The van der Waals surface area contributed by atoms with Crippen molar-refractivity contribution < 1.29 is 27.4 Å². The molecule has 4 rings (SSSR count). The molecule has 202 valence electrons. The monoisotopic (exact) mass is 511 g/mol. The molecule has 9 heteroatoms. The van der Waals surface area contributed by atoms with Gasteiger partial charge in [-0.1, -0.05) is 0 Å². The first-order valence-corrected chi connectivity index (χ1v) is 13.3. The summed E-state index contributed by atoms with van der Waals surface area (Å²) in [6.07, 6.45) is -1.07. The van der Waals surface area contributed by atoms with Gasteiger partial charge in [0.15, 0.2) is 0 Å². The average molecular weight is 512 g/mol. The van der Waals surface area contributed by atoms with Crippen LogP contribution < -0.4 is 10.1 Å². The third kappa shape index (κ3) is 6.00. The molecule has 1 saturated carbocycles. The molecule has 6 nitrogen and oxygen atoms in total. The van der Waals surface area contributed by atoms with E-state index in [1.807, 2.05) is 0 Å². The molecule has 3 aliphatic rings. The van der Waals surface area contributed by atoms with Crippen LogP contribution in [0.15, 0.2) is 18.2 Å². The van der Waals surface area contributed by atoms with E-state index in [4.69, 9.17) is 9.47 Å². The van der Waals surface area contributed by atoms with E-state index < -0.39 is 17.3 Å². The number of carbonyl (C=O) groups is 1. The molecule has 0 radical (unpaired) electrons. The number of hydrogen-bond acceptors (Lipinski definition) is 5. The molecule has 1 aliphatic carbocycles. The maximum atomic E-state index is 13.4. The van der Waals surface area contributed by atoms with E-state index in [-0.39, 0.29) is 30.7 Å². The summed E-state index contributed by atoms with van der Waals surface area (Å²) >= 11 is 0. The van der Waals surface area contributed by atoms with E-state index in [2.05, 4.69) is 35.9 Å². The van der Waals surface area contributed by atoms with Crippen molar-refractivity contribution in [1.29, 1.82) is 0 Å². The number of nitrogens with zero attached hydrogens (tertiary/aromatic N) is 2. The number of piperazine rings is 1. The minimum atomic E-state index is -4.49. The van der Waals surface area contributed by atoms with Gasteiger partial charge in [0.05, 0.1) is 18.8 Å². The Kier molecular flexibility index (Phi) is 8.22. The third-order valence-electron chi connectivity index (χ3n) is 7.95. The second-order valence-electron chi connectivity index (χ2n) is 10.8. The number of rotatable bonds is 8. The molecule has 0 bridgehead atoms. The summed E-state index contributed by atoms with van der Waals surface area (Å²) in [5, 5.41) is 2.89. The molecule has 1 aromatic rings. The highest BCUT2D eigenvalue weighted by molar-refractivity contribution is 5.86. The molecule has 36 heavy (non-hydrogen) atoms. The zero-order valence-corrected chi connectivity index (χ0v) is 21.9. The number of ether oxygens (including phenoxy) is 2. The molecule has 0 spiro atoms. The summed E-state index contributed by atoms with van der Waals surface area (Å²) in [4.78, 5) is 18.4. The van der Waals surface area contributed by atoms with Crippen molar-refractivity contribution >= 4 is 5.91 Å². The highest BCUT2D eigenvalue weighted by Gasteiger charge is 2.54. The van der Waals surface area contributed by atoms with E-state index in [1.54, 1.807) is 13.0 Å². The van der Waals surface area contributed by atoms with Crippen molar-refractivity contribution in [3.63, 3.8) is 0 Å². The van der Waals surface area contributed by atoms with Crippen LogP contribution in [0.25, 0.3) is 0 Å². The maximum absolute atomic E-state index is 13.4. The number of benzene rings is 1. The summed E-state index contributed by atoms with van der Waals surface area (Å²) in [6, 6.07) is 4.91. The highest BCUT2D eigenvalue weighted by atomic mass is 19.4. The van der Waals surface area contributed by atoms with Crippen molar-refractivity contribution in [2.24, 2.45) is 5.92 Å². The highest BCUT2D eigenvalue weighted by Crippen LogP contribution is 2.47. The van der Waals surface area contributed by atoms with Crippen LogP contribution in [-0.4, -0.2) is 72.3 Å². The molecule has 1 N–H and O–H groups in total. The predicted molar refractivity (Wildman–Crippen MR) is 132 cm³/mol. The Morgan fingerprint density at radius 3 is 2.53 bits per heavy atom. The fourth-order valence-electron chi connectivity index (χ4n) is 5.91. The number of amides is 1. The van der Waals surface area contributed by atoms with E-state index in [0.29, 0.717) is 36.7 Å². The van der Waals surface area contributed by atoms with Crippen molar-refractivity contribution in [3.8, 4) is 5.75 Å². The molecule has 2 saturated heterocycles. The zero-order valence-electron chi connectivity index (χ0n) is 21.9. The summed E-state index contributed by atoms with van der Waals surface area (Å²) in [5.74, 6) is 0.115. The second kappa shape index (κ2) is 10.9. The predicted octanol–water partition coefficient (Wildman–Crippen LogP) is 4.46. The van der Waals surface area contributed by atoms with Crippen LogP contribution in [0.1, 0.15) is 64.5 Å². The molecule has 0 aromatic heterocycles. The van der Waals surface area contributed by atoms with E-state index in [0.717, 1.165) is 51.0 Å². The second-order valence-corrected chi connectivity index (χ2v) is 10.8. The summed E-state index contributed by atoms with van der Waals surface area (Å²) in [5.41, 5.74) is -1.30. The minimum absolute atomic E-state index is 0.00123. The topological polar surface area (TPSA) is 54.0 Å². The van der Waals surface area contributed by atoms with E-state index in [9.17, 15) is 18.0 Å². The number of nitrogens with one attached hydrogen (secondary N) is 1. The maximum Gasteiger partial charge on any atom is 0.416 e. The molecule has 1 aromatic carbocycles. The van der Waals surface area contributed by atoms with Crippen LogP contribution in [0, 0.1) is 5.92 Å². The van der Waals surface area contributed by atoms with E-state index >= 15 is 0 Å². The zero-order chi connectivity index (χ0) is 26.1. The molecule has 1 amide bonds. The Bertz CT molecular complexity index is 911. The van der Waals surface area contributed by atoms with Gasteiger partial charge in [0.25, 0.3) is 5.91 Å². The Morgan fingerprint density at radius 1 is 1.22 bits per heavy atom. The van der Waals surface area contributed by atoms with Crippen LogP contribution >= 0.6 is 0 Å². The third-order valence-corrected chi connectivity index (χ3v) is 7.95. The van der Waals surface area contributed by atoms with Gasteiger partial charge in [0.2, 0.25) is 0 Å². The average Bonchev–Trinajstić information content (AvgIpc) is 3.68. The lowest BCUT2D eigenvalue weighted by Gasteiger charge is -2.48. The largest absolute Gasteiger partial charge is 0.494 e. The van der Waals surface area contributed by atoms with Gasteiger partial charge in [0.1, 0.15) is 11.4 Å². The number of alkyl halides is 3. The minimum Gasteiger partial charge on any atom is -0.494 e. The molecular weight excluding hydrogens is 471 g/mol. The van der Waals surface area contributed by atoms with Gasteiger partial charge in [-0.3, -0.25) is 14.6 Å². The Balaban J connectivity index is 1.39. The number of halogens is 3. The summed E-state index contributed by atoms with van der Waals surface area (Å²) < 4.78 is 51.8. The fourth-order valence-corrected chi connectivity index (χ4v) is 5.91. The summed E-state index contributed by atoms with van der Waals surface area (Å²) in [7, 11) is 0. The number of carbonyl (C=O) groups excluding carboxylic acids is 1. The Morgan fingerprint density at radius 2 is 1.97 bits per heavy atom. The van der Waals surface area contributed by atoms with Crippen molar-refractivity contribution in [2.75, 3.05) is 32.8 Å². The molecular formula is C27H40F3N3O3.